The van der Waals surface area contributed by atoms with Crippen LogP contribution in [0.1, 0.15) is 25.5 Å². The molecule has 1 rings (SSSR count). The van der Waals surface area contributed by atoms with E-state index in [4.69, 9.17) is 9.47 Å². The van der Waals surface area contributed by atoms with Gasteiger partial charge in [0, 0.05) is 24.3 Å². The molecule has 20 heavy (non-hydrogen) atoms. The number of hydrogen-bond acceptors (Lipinski definition) is 6. The van der Waals surface area contributed by atoms with Crippen molar-refractivity contribution in [2.24, 2.45) is 0 Å². The lowest BCUT2D eigenvalue weighted by Crippen LogP contribution is -2.23. The highest BCUT2D eigenvalue weighted by Crippen LogP contribution is 2.29. The number of nitro benzene ring substituents is 1. The number of rotatable bonds is 8. The van der Waals surface area contributed by atoms with Crippen LogP contribution in [-0.2, 0) is 4.74 Å². The van der Waals surface area contributed by atoms with Crippen LogP contribution in [0.5, 0.6) is 5.75 Å². The maximum Gasteiger partial charge on any atom is 0.270 e. The van der Waals surface area contributed by atoms with Gasteiger partial charge in [-0.05, 0) is 19.9 Å². The Morgan fingerprint density at radius 2 is 2.05 bits per heavy atom. The third-order valence-electron chi connectivity index (χ3n) is 2.60. The largest absolute Gasteiger partial charge is 0.490 e. The van der Waals surface area contributed by atoms with Crippen molar-refractivity contribution in [3.05, 3.63) is 33.9 Å². The van der Waals surface area contributed by atoms with Crippen molar-refractivity contribution in [1.29, 1.82) is 0 Å². The van der Waals surface area contributed by atoms with Crippen molar-refractivity contribution < 1.29 is 24.6 Å². The standard InChI is InChI=1S/C13H19NO6/c1-3-19-7-11(16)8-20-13-5-4-10(14(17)18)6-12(13)9(2)15/h4-6,9,11,15-16H,3,7-8H2,1-2H3/t9-,11?/m0/s1. The third kappa shape index (κ3) is 4.76. The van der Waals surface area contributed by atoms with Gasteiger partial charge in [0.15, 0.2) is 0 Å². The molecule has 2 N–H and O–H groups in total. The molecule has 0 amide bonds. The quantitative estimate of drug-likeness (QED) is 0.553. The van der Waals surface area contributed by atoms with Crippen LogP contribution < -0.4 is 4.74 Å². The van der Waals surface area contributed by atoms with E-state index in [-0.39, 0.29) is 18.9 Å². The maximum atomic E-state index is 10.7. The number of ether oxygens (including phenoxy) is 2. The molecular formula is C13H19NO6. The van der Waals surface area contributed by atoms with Crippen molar-refractivity contribution in [3.63, 3.8) is 0 Å². The second-order valence-electron chi connectivity index (χ2n) is 4.28. The fourth-order valence-corrected chi connectivity index (χ4v) is 1.60. The minimum Gasteiger partial charge on any atom is -0.490 e. The Morgan fingerprint density at radius 1 is 1.35 bits per heavy atom. The minimum atomic E-state index is -0.908. The van der Waals surface area contributed by atoms with E-state index in [1.807, 2.05) is 6.92 Å². The summed E-state index contributed by atoms with van der Waals surface area (Å²) in [6.45, 7) is 3.93. The first kappa shape index (κ1) is 16.4. The predicted octanol–water partition coefficient (Wildman–Crippen LogP) is 1.42. The highest BCUT2D eigenvalue weighted by atomic mass is 16.6. The summed E-state index contributed by atoms with van der Waals surface area (Å²) < 4.78 is 10.4. The van der Waals surface area contributed by atoms with Gasteiger partial charge in [0.1, 0.15) is 18.5 Å². The number of aliphatic hydroxyl groups excluding tert-OH is 2. The first-order chi connectivity index (χ1) is 9.45. The molecule has 1 unspecified atom stereocenters. The average Bonchev–Trinajstić information content (AvgIpc) is 2.42. The van der Waals surface area contributed by atoms with Crippen LogP contribution in [0.25, 0.3) is 0 Å². The first-order valence-electron chi connectivity index (χ1n) is 6.30. The number of nitrogens with zero attached hydrogens (tertiary/aromatic N) is 1. The van der Waals surface area contributed by atoms with Gasteiger partial charge in [-0.2, -0.15) is 0 Å². The molecule has 112 valence electrons. The molecule has 7 heteroatoms. The Balaban J connectivity index is 2.76. The molecule has 7 nitrogen and oxygen atoms in total. The molecule has 0 saturated carbocycles. The second-order valence-corrected chi connectivity index (χ2v) is 4.28. The van der Waals surface area contributed by atoms with Crippen molar-refractivity contribution in [2.75, 3.05) is 19.8 Å². The van der Waals surface area contributed by atoms with E-state index in [9.17, 15) is 20.3 Å². The predicted molar refractivity (Wildman–Crippen MR) is 71.7 cm³/mol. The van der Waals surface area contributed by atoms with E-state index in [0.29, 0.717) is 17.9 Å². The number of non-ortho nitro benzene ring substituents is 1. The van der Waals surface area contributed by atoms with Crippen molar-refractivity contribution in [3.8, 4) is 5.75 Å². The summed E-state index contributed by atoms with van der Waals surface area (Å²) in [4.78, 5) is 10.2. The Hall–Kier alpha value is -1.70. The van der Waals surface area contributed by atoms with Gasteiger partial charge in [0.2, 0.25) is 0 Å². The van der Waals surface area contributed by atoms with Gasteiger partial charge < -0.3 is 19.7 Å². The Kier molecular flexibility index (Phi) is 6.37. The lowest BCUT2D eigenvalue weighted by atomic mass is 10.1. The van der Waals surface area contributed by atoms with Gasteiger partial charge in [-0.1, -0.05) is 0 Å². The summed E-state index contributed by atoms with van der Waals surface area (Å²) in [6, 6.07) is 3.96. The highest BCUT2D eigenvalue weighted by molar-refractivity contribution is 5.44. The lowest BCUT2D eigenvalue weighted by molar-refractivity contribution is -0.385. The van der Waals surface area contributed by atoms with E-state index < -0.39 is 17.1 Å². The number of aliphatic hydroxyl groups is 2. The molecular weight excluding hydrogens is 266 g/mol. The molecule has 1 aromatic rings. The summed E-state index contributed by atoms with van der Waals surface area (Å²) in [5.74, 6) is 0.307. The third-order valence-corrected chi connectivity index (χ3v) is 2.60. The van der Waals surface area contributed by atoms with Gasteiger partial charge in [-0.3, -0.25) is 10.1 Å². The van der Waals surface area contributed by atoms with E-state index in [2.05, 4.69) is 0 Å². The van der Waals surface area contributed by atoms with Crippen LogP contribution in [0.4, 0.5) is 5.69 Å². The molecule has 0 saturated heterocycles. The summed E-state index contributed by atoms with van der Waals surface area (Å²) in [5, 5.41) is 29.9. The normalized spacial score (nSPS) is 13.8. The van der Waals surface area contributed by atoms with Crippen molar-refractivity contribution in [2.45, 2.75) is 26.1 Å². The van der Waals surface area contributed by atoms with Crippen LogP contribution in [0, 0.1) is 10.1 Å². The minimum absolute atomic E-state index is 0.0163. The fourth-order valence-electron chi connectivity index (χ4n) is 1.60. The van der Waals surface area contributed by atoms with Crippen LogP contribution in [0.2, 0.25) is 0 Å². The zero-order valence-corrected chi connectivity index (χ0v) is 11.5. The van der Waals surface area contributed by atoms with Crippen molar-refractivity contribution in [1.82, 2.24) is 0 Å². The Bertz CT molecular complexity index is 448. The molecule has 0 aliphatic heterocycles. The van der Waals surface area contributed by atoms with E-state index >= 15 is 0 Å². The van der Waals surface area contributed by atoms with Gasteiger partial charge >= 0.3 is 0 Å². The molecule has 1 aromatic carbocycles. The molecule has 0 bridgehead atoms. The summed E-state index contributed by atoms with van der Waals surface area (Å²) >= 11 is 0. The van der Waals surface area contributed by atoms with Crippen LogP contribution in [-0.4, -0.2) is 41.1 Å². The van der Waals surface area contributed by atoms with Gasteiger partial charge in [0.05, 0.1) is 17.6 Å². The first-order valence-corrected chi connectivity index (χ1v) is 6.30. The molecule has 0 spiro atoms. The molecule has 0 radical (unpaired) electrons. The average molecular weight is 285 g/mol. The van der Waals surface area contributed by atoms with Crippen LogP contribution >= 0.6 is 0 Å². The zero-order chi connectivity index (χ0) is 15.1. The van der Waals surface area contributed by atoms with E-state index in [1.165, 1.54) is 25.1 Å². The molecule has 0 fully saturated rings. The van der Waals surface area contributed by atoms with E-state index in [1.54, 1.807) is 0 Å². The maximum absolute atomic E-state index is 10.7. The summed E-state index contributed by atoms with van der Waals surface area (Å²) in [6.07, 6.45) is -1.71. The molecule has 0 heterocycles. The van der Waals surface area contributed by atoms with Gasteiger partial charge in [-0.25, -0.2) is 0 Å². The van der Waals surface area contributed by atoms with Gasteiger partial charge in [-0.15, -0.1) is 0 Å². The van der Waals surface area contributed by atoms with Crippen LogP contribution in [0.3, 0.4) is 0 Å². The fraction of sp³-hybridized carbons (Fsp3) is 0.538. The second kappa shape index (κ2) is 7.78. The monoisotopic (exact) mass is 285 g/mol. The highest BCUT2D eigenvalue weighted by Gasteiger charge is 2.16. The summed E-state index contributed by atoms with van der Waals surface area (Å²) in [7, 11) is 0. The molecule has 0 aliphatic rings. The number of hydrogen-bond donors (Lipinski definition) is 2. The van der Waals surface area contributed by atoms with Gasteiger partial charge in [0.25, 0.3) is 5.69 Å². The zero-order valence-electron chi connectivity index (χ0n) is 11.5. The smallest absolute Gasteiger partial charge is 0.270 e. The van der Waals surface area contributed by atoms with Crippen LogP contribution in [0.15, 0.2) is 18.2 Å². The lowest BCUT2D eigenvalue weighted by Gasteiger charge is -2.16. The molecule has 0 aliphatic carbocycles. The van der Waals surface area contributed by atoms with E-state index in [0.717, 1.165) is 0 Å². The topological polar surface area (TPSA) is 102 Å². The number of nitro groups is 1. The summed E-state index contributed by atoms with van der Waals surface area (Å²) in [5.41, 5.74) is 0.186. The number of benzene rings is 1. The SMILES string of the molecule is CCOCC(O)COc1ccc([N+](=O)[O-])cc1[C@H](C)O. The Morgan fingerprint density at radius 3 is 2.60 bits per heavy atom. The molecule has 0 aromatic heterocycles. The molecule has 2 atom stereocenters. The van der Waals surface area contributed by atoms with Crippen molar-refractivity contribution >= 4 is 5.69 Å². The Labute approximate surface area is 116 Å².